The second-order valence-corrected chi connectivity index (χ2v) is 6.06. The van der Waals surface area contributed by atoms with Crippen LogP contribution in [0.15, 0.2) is 54.6 Å². The van der Waals surface area contributed by atoms with Crippen LogP contribution in [0, 0.1) is 0 Å². The topological polar surface area (TPSA) is 41.6 Å². The number of rotatable bonds is 7. The fourth-order valence-corrected chi connectivity index (χ4v) is 2.92. The van der Waals surface area contributed by atoms with Gasteiger partial charge in [0.05, 0.1) is 6.61 Å². The highest BCUT2D eigenvalue weighted by atomic mass is 16.5. The first-order valence-corrected chi connectivity index (χ1v) is 8.64. The minimum atomic E-state index is 0.0326. The molecule has 0 atom stereocenters. The first-order valence-electron chi connectivity index (χ1n) is 8.64. The zero-order valence-electron chi connectivity index (χ0n) is 13.9. The van der Waals surface area contributed by atoms with Crippen LogP contribution in [-0.2, 0) is 4.79 Å². The SMILES string of the molecule is O=C(CCCOc1ccccc1)Nc1cccc(N2CCCC2)c1. The molecular weight excluding hydrogens is 300 g/mol. The Morgan fingerprint density at radius 2 is 1.83 bits per heavy atom. The molecule has 1 heterocycles. The van der Waals surface area contributed by atoms with Crippen LogP contribution in [0.4, 0.5) is 11.4 Å². The quantitative estimate of drug-likeness (QED) is 0.780. The van der Waals surface area contributed by atoms with Crippen LogP contribution >= 0.6 is 0 Å². The molecule has 0 bridgehead atoms. The Bertz CT molecular complexity index is 652. The monoisotopic (exact) mass is 324 g/mol. The summed E-state index contributed by atoms with van der Waals surface area (Å²) in [5.74, 6) is 0.876. The summed E-state index contributed by atoms with van der Waals surface area (Å²) >= 11 is 0. The maximum atomic E-state index is 12.1. The second kappa shape index (κ2) is 8.39. The minimum absolute atomic E-state index is 0.0326. The van der Waals surface area contributed by atoms with Gasteiger partial charge in [0.15, 0.2) is 0 Å². The summed E-state index contributed by atoms with van der Waals surface area (Å²) in [7, 11) is 0. The van der Waals surface area contributed by atoms with E-state index in [4.69, 9.17) is 4.74 Å². The number of ether oxygens (including phenoxy) is 1. The normalized spacial score (nSPS) is 13.8. The van der Waals surface area contributed by atoms with Gasteiger partial charge in [-0.25, -0.2) is 0 Å². The molecule has 1 fully saturated rings. The Morgan fingerprint density at radius 3 is 2.62 bits per heavy atom. The number of hydrogen-bond donors (Lipinski definition) is 1. The highest BCUT2D eigenvalue weighted by Gasteiger charge is 2.12. The Morgan fingerprint density at radius 1 is 1.04 bits per heavy atom. The number of carbonyl (C=O) groups excluding carboxylic acids is 1. The van der Waals surface area contributed by atoms with E-state index < -0.39 is 0 Å². The smallest absolute Gasteiger partial charge is 0.224 e. The molecule has 126 valence electrons. The van der Waals surface area contributed by atoms with Gasteiger partial charge in [0, 0.05) is 30.9 Å². The van der Waals surface area contributed by atoms with E-state index in [-0.39, 0.29) is 5.91 Å². The van der Waals surface area contributed by atoms with E-state index in [0.717, 1.165) is 24.5 Å². The number of nitrogens with one attached hydrogen (secondary N) is 1. The lowest BCUT2D eigenvalue weighted by Crippen LogP contribution is -2.18. The van der Waals surface area contributed by atoms with Crippen molar-refractivity contribution in [1.29, 1.82) is 0 Å². The van der Waals surface area contributed by atoms with E-state index in [9.17, 15) is 4.79 Å². The summed E-state index contributed by atoms with van der Waals surface area (Å²) in [6, 6.07) is 17.8. The number of benzene rings is 2. The third kappa shape index (κ3) is 4.75. The second-order valence-electron chi connectivity index (χ2n) is 6.06. The largest absolute Gasteiger partial charge is 0.494 e. The Labute approximate surface area is 143 Å². The first kappa shape index (κ1) is 16.4. The first-order chi connectivity index (χ1) is 11.8. The van der Waals surface area contributed by atoms with Gasteiger partial charge in [0.1, 0.15) is 5.75 Å². The molecule has 1 aliphatic rings. The van der Waals surface area contributed by atoms with E-state index in [1.54, 1.807) is 0 Å². The van der Waals surface area contributed by atoms with Crippen LogP contribution in [0.5, 0.6) is 5.75 Å². The molecule has 0 unspecified atom stereocenters. The van der Waals surface area contributed by atoms with Crippen LogP contribution in [0.25, 0.3) is 0 Å². The van der Waals surface area contributed by atoms with Gasteiger partial charge >= 0.3 is 0 Å². The van der Waals surface area contributed by atoms with Gasteiger partial charge in [-0.05, 0) is 49.6 Å². The van der Waals surface area contributed by atoms with Gasteiger partial charge in [-0.2, -0.15) is 0 Å². The molecule has 1 aliphatic heterocycles. The maximum Gasteiger partial charge on any atom is 0.224 e. The third-order valence-corrected chi connectivity index (χ3v) is 4.16. The van der Waals surface area contributed by atoms with Gasteiger partial charge < -0.3 is 15.0 Å². The van der Waals surface area contributed by atoms with E-state index >= 15 is 0 Å². The fourth-order valence-electron chi connectivity index (χ4n) is 2.92. The third-order valence-electron chi connectivity index (χ3n) is 4.16. The number of carbonyl (C=O) groups is 1. The van der Waals surface area contributed by atoms with Crippen molar-refractivity contribution in [2.45, 2.75) is 25.7 Å². The summed E-state index contributed by atoms with van der Waals surface area (Å²) < 4.78 is 5.61. The summed E-state index contributed by atoms with van der Waals surface area (Å²) in [5, 5.41) is 2.98. The van der Waals surface area contributed by atoms with Gasteiger partial charge in [0.25, 0.3) is 0 Å². The molecule has 1 N–H and O–H groups in total. The van der Waals surface area contributed by atoms with Crippen molar-refractivity contribution in [3.05, 3.63) is 54.6 Å². The Hall–Kier alpha value is -2.49. The summed E-state index contributed by atoms with van der Waals surface area (Å²) in [6.45, 7) is 2.76. The van der Waals surface area contributed by atoms with Crippen LogP contribution in [0.1, 0.15) is 25.7 Å². The lowest BCUT2D eigenvalue weighted by atomic mass is 10.2. The molecule has 3 rings (SSSR count). The average Bonchev–Trinajstić information content (AvgIpc) is 3.15. The highest BCUT2D eigenvalue weighted by molar-refractivity contribution is 5.91. The molecule has 4 nitrogen and oxygen atoms in total. The summed E-state index contributed by atoms with van der Waals surface area (Å²) in [6.07, 6.45) is 3.66. The standard InChI is InChI=1S/C20H24N2O2/c23-20(12-7-15-24-19-10-2-1-3-11-19)21-17-8-6-9-18(16-17)22-13-4-5-14-22/h1-3,6,8-11,16H,4-5,7,12-15H2,(H,21,23). The van der Waals surface area contributed by atoms with Crippen molar-refractivity contribution >= 4 is 17.3 Å². The molecule has 0 saturated carbocycles. The molecule has 2 aromatic rings. The van der Waals surface area contributed by atoms with Crippen LogP contribution in [0.3, 0.4) is 0 Å². The Kier molecular flexibility index (Phi) is 5.72. The van der Waals surface area contributed by atoms with Crippen molar-refractivity contribution in [3.63, 3.8) is 0 Å². The summed E-state index contributed by atoms with van der Waals surface area (Å²) in [5.41, 5.74) is 2.06. The number of anilines is 2. The molecule has 24 heavy (non-hydrogen) atoms. The molecule has 2 aromatic carbocycles. The van der Waals surface area contributed by atoms with E-state index in [2.05, 4.69) is 22.3 Å². The molecule has 0 radical (unpaired) electrons. The van der Waals surface area contributed by atoms with Gasteiger partial charge in [-0.3, -0.25) is 4.79 Å². The van der Waals surface area contributed by atoms with Crippen LogP contribution in [0.2, 0.25) is 0 Å². The zero-order chi connectivity index (χ0) is 16.6. The average molecular weight is 324 g/mol. The molecule has 0 spiro atoms. The van der Waals surface area contributed by atoms with Crippen LogP contribution < -0.4 is 15.0 Å². The van der Waals surface area contributed by atoms with Crippen molar-refractivity contribution < 1.29 is 9.53 Å². The predicted octanol–water partition coefficient (Wildman–Crippen LogP) is 4.08. The highest BCUT2D eigenvalue weighted by Crippen LogP contribution is 2.23. The van der Waals surface area contributed by atoms with Crippen LogP contribution in [-0.4, -0.2) is 25.6 Å². The molecular formula is C20H24N2O2. The lowest BCUT2D eigenvalue weighted by molar-refractivity contribution is -0.116. The van der Waals surface area contributed by atoms with E-state index in [1.807, 2.05) is 42.5 Å². The van der Waals surface area contributed by atoms with Gasteiger partial charge in [-0.15, -0.1) is 0 Å². The van der Waals surface area contributed by atoms with E-state index in [0.29, 0.717) is 19.4 Å². The molecule has 1 amide bonds. The summed E-state index contributed by atoms with van der Waals surface area (Å²) in [4.78, 5) is 14.4. The number of hydrogen-bond acceptors (Lipinski definition) is 3. The Balaban J connectivity index is 1.42. The number of para-hydroxylation sites is 1. The lowest BCUT2D eigenvalue weighted by Gasteiger charge is -2.18. The van der Waals surface area contributed by atoms with E-state index in [1.165, 1.54) is 18.5 Å². The van der Waals surface area contributed by atoms with Crippen molar-refractivity contribution in [3.8, 4) is 5.75 Å². The minimum Gasteiger partial charge on any atom is -0.494 e. The maximum absolute atomic E-state index is 12.1. The molecule has 0 aromatic heterocycles. The number of nitrogens with zero attached hydrogens (tertiary/aromatic N) is 1. The van der Waals surface area contributed by atoms with Crippen molar-refractivity contribution in [1.82, 2.24) is 0 Å². The fraction of sp³-hybridized carbons (Fsp3) is 0.350. The molecule has 0 aliphatic carbocycles. The van der Waals surface area contributed by atoms with Gasteiger partial charge in [0.2, 0.25) is 5.91 Å². The zero-order valence-corrected chi connectivity index (χ0v) is 13.9. The predicted molar refractivity (Wildman–Crippen MR) is 97.7 cm³/mol. The molecule has 1 saturated heterocycles. The van der Waals surface area contributed by atoms with Crippen molar-refractivity contribution in [2.75, 3.05) is 29.9 Å². The molecule has 4 heteroatoms. The number of amides is 1. The van der Waals surface area contributed by atoms with Crippen molar-refractivity contribution in [2.24, 2.45) is 0 Å². The van der Waals surface area contributed by atoms with Gasteiger partial charge in [-0.1, -0.05) is 24.3 Å².